The molecule has 1 aromatic heterocycles. The number of esters is 2. The van der Waals surface area contributed by atoms with Gasteiger partial charge in [-0.2, -0.15) is 0 Å². The summed E-state index contributed by atoms with van der Waals surface area (Å²) in [6.07, 6.45) is 3.34. The lowest BCUT2D eigenvalue weighted by molar-refractivity contribution is -0.142. The highest BCUT2D eigenvalue weighted by atomic mass is 16.6. The van der Waals surface area contributed by atoms with Crippen molar-refractivity contribution in [2.45, 2.75) is 26.4 Å². The van der Waals surface area contributed by atoms with E-state index in [0.29, 0.717) is 17.6 Å². The lowest BCUT2D eigenvalue weighted by Gasteiger charge is -2.05. The molecule has 0 spiro atoms. The Hall–Kier alpha value is -2.17. The third-order valence-corrected chi connectivity index (χ3v) is 2.76. The number of ether oxygens (including phenoxy) is 2. The lowest BCUT2D eigenvalue weighted by Crippen LogP contribution is -2.11. The Morgan fingerprint density at radius 3 is 2.67 bits per heavy atom. The number of carbonyl (C=O) groups is 2. The molecule has 2 rings (SSSR count). The van der Waals surface area contributed by atoms with Crippen molar-refractivity contribution < 1.29 is 19.1 Å². The van der Waals surface area contributed by atoms with Crippen LogP contribution in [0.15, 0.2) is 35.9 Å². The van der Waals surface area contributed by atoms with Crippen molar-refractivity contribution in [2.24, 2.45) is 0 Å². The molecule has 0 aliphatic carbocycles. The summed E-state index contributed by atoms with van der Waals surface area (Å²) >= 11 is 0. The van der Waals surface area contributed by atoms with Gasteiger partial charge in [0.15, 0.2) is 0 Å². The van der Waals surface area contributed by atoms with Crippen LogP contribution in [0.1, 0.15) is 30.6 Å². The minimum atomic E-state index is -0.583. The molecule has 0 N–H and O–H groups in total. The van der Waals surface area contributed by atoms with Gasteiger partial charge >= 0.3 is 11.9 Å². The van der Waals surface area contributed by atoms with Crippen LogP contribution >= 0.6 is 0 Å². The Morgan fingerprint density at radius 2 is 2.11 bits per heavy atom. The van der Waals surface area contributed by atoms with Gasteiger partial charge in [0.05, 0.1) is 5.56 Å². The molecule has 1 aliphatic rings. The molecule has 5 nitrogen and oxygen atoms in total. The maximum atomic E-state index is 11.8. The molecule has 94 valence electrons. The Morgan fingerprint density at radius 1 is 1.44 bits per heavy atom. The fourth-order valence-electron chi connectivity index (χ4n) is 1.73. The Balaban J connectivity index is 2.17. The first-order valence-electron chi connectivity index (χ1n) is 5.67. The highest BCUT2D eigenvalue weighted by Crippen LogP contribution is 2.25. The predicted octanol–water partition coefficient (Wildman–Crippen LogP) is 1.85. The number of aromatic nitrogens is 1. The first kappa shape index (κ1) is 12.3. The molecule has 18 heavy (non-hydrogen) atoms. The van der Waals surface area contributed by atoms with E-state index in [1.54, 1.807) is 6.92 Å². The van der Waals surface area contributed by atoms with Crippen LogP contribution in [0.25, 0.3) is 0 Å². The van der Waals surface area contributed by atoms with Crippen LogP contribution in [0.5, 0.6) is 0 Å². The fraction of sp³-hybridized carbons (Fsp3) is 0.308. The van der Waals surface area contributed by atoms with Crippen LogP contribution in [0.3, 0.4) is 0 Å². The number of rotatable bonds is 3. The summed E-state index contributed by atoms with van der Waals surface area (Å²) < 4.78 is 10.2. The number of nitrogens with zero attached hydrogens (tertiary/aromatic N) is 1. The summed E-state index contributed by atoms with van der Waals surface area (Å²) in [6, 6.07) is 3.05. The molecule has 0 aromatic carbocycles. The number of pyridine rings is 1. The zero-order valence-corrected chi connectivity index (χ0v) is 10.2. The van der Waals surface area contributed by atoms with Crippen LogP contribution in [-0.4, -0.2) is 23.0 Å². The maximum absolute atomic E-state index is 11.8. The van der Waals surface area contributed by atoms with Crippen molar-refractivity contribution >= 4 is 11.9 Å². The third kappa shape index (κ3) is 2.25. The van der Waals surface area contributed by atoms with Crippen LogP contribution in [0.4, 0.5) is 0 Å². The quantitative estimate of drug-likeness (QED) is 0.762. The van der Waals surface area contributed by atoms with Crippen LogP contribution < -0.4 is 0 Å². The van der Waals surface area contributed by atoms with Crippen molar-refractivity contribution in [1.29, 1.82) is 0 Å². The van der Waals surface area contributed by atoms with Gasteiger partial charge in [-0.1, -0.05) is 6.92 Å². The zero-order valence-electron chi connectivity index (χ0n) is 10.2. The predicted molar refractivity (Wildman–Crippen MR) is 62.5 cm³/mol. The normalized spacial score (nSPS) is 18.8. The largest absolute Gasteiger partial charge is 0.452 e. The second kappa shape index (κ2) is 5.00. The van der Waals surface area contributed by atoms with Crippen molar-refractivity contribution in [1.82, 2.24) is 4.98 Å². The molecule has 1 aliphatic heterocycles. The average molecular weight is 247 g/mol. The highest BCUT2D eigenvalue weighted by molar-refractivity contribution is 5.97. The molecule has 1 unspecified atom stereocenters. The van der Waals surface area contributed by atoms with Gasteiger partial charge in [-0.05, 0) is 25.5 Å². The van der Waals surface area contributed by atoms with E-state index in [-0.39, 0.29) is 11.9 Å². The molecule has 0 bridgehead atoms. The summed E-state index contributed by atoms with van der Waals surface area (Å²) in [5, 5.41) is 0. The molecular weight excluding hydrogens is 234 g/mol. The number of carbonyl (C=O) groups excluding carboxylic acids is 2. The molecular formula is C13H13NO4. The van der Waals surface area contributed by atoms with Crippen molar-refractivity contribution in [3.8, 4) is 0 Å². The van der Waals surface area contributed by atoms with E-state index < -0.39 is 11.9 Å². The molecule has 0 saturated heterocycles. The van der Waals surface area contributed by atoms with Gasteiger partial charge in [0.25, 0.3) is 0 Å². The zero-order chi connectivity index (χ0) is 13.1. The molecule has 0 amide bonds. The SMILES string of the molecule is CCC1OC(=O)C(OC(=O)c2ccncc2)=C1C. The lowest BCUT2D eigenvalue weighted by atomic mass is 10.1. The first-order valence-corrected chi connectivity index (χ1v) is 5.67. The summed E-state index contributed by atoms with van der Waals surface area (Å²) in [6.45, 7) is 3.63. The van der Waals surface area contributed by atoms with E-state index in [2.05, 4.69) is 4.98 Å². The van der Waals surface area contributed by atoms with E-state index in [4.69, 9.17) is 9.47 Å². The fourth-order valence-corrected chi connectivity index (χ4v) is 1.73. The number of hydrogen-bond acceptors (Lipinski definition) is 5. The van der Waals surface area contributed by atoms with Crippen molar-refractivity contribution in [3.63, 3.8) is 0 Å². The minimum Gasteiger partial charge on any atom is -0.452 e. The minimum absolute atomic E-state index is 0.00339. The average Bonchev–Trinajstić information content (AvgIpc) is 2.67. The molecule has 1 atom stereocenters. The highest BCUT2D eigenvalue weighted by Gasteiger charge is 2.33. The summed E-state index contributed by atoms with van der Waals surface area (Å²) in [4.78, 5) is 27.1. The van der Waals surface area contributed by atoms with E-state index in [0.717, 1.165) is 0 Å². The summed E-state index contributed by atoms with van der Waals surface area (Å²) in [7, 11) is 0. The summed E-state index contributed by atoms with van der Waals surface area (Å²) in [5.41, 5.74) is 1.00. The van der Waals surface area contributed by atoms with E-state index >= 15 is 0 Å². The van der Waals surface area contributed by atoms with Crippen molar-refractivity contribution in [2.75, 3.05) is 0 Å². The smallest absolute Gasteiger partial charge is 0.375 e. The van der Waals surface area contributed by atoms with Gasteiger partial charge in [0, 0.05) is 18.0 Å². The topological polar surface area (TPSA) is 65.5 Å². The van der Waals surface area contributed by atoms with Gasteiger partial charge < -0.3 is 9.47 Å². The monoisotopic (exact) mass is 247 g/mol. The maximum Gasteiger partial charge on any atom is 0.375 e. The van der Waals surface area contributed by atoms with Crippen molar-refractivity contribution in [3.05, 3.63) is 41.4 Å². The number of cyclic esters (lactones) is 1. The third-order valence-electron chi connectivity index (χ3n) is 2.76. The van der Waals surface area contributed by atoms with Gasteiger partial charge in [-0.15, -0.1) is 0 Å². The van der Waals surface area contributed by atoms with E-state index in [1.807, 2.05) is 6.92 Å². The molecule has 5 heteroatoms. The second-order valence-corrected chi connectivity index (χ2v) is 3.94. The Bertz CT molecular complexity index is 507. The van der Waals surface area contributed by atoms with Gasteiger partial charge in [0.1, 0.15) is 6.10 Å². The van der Waals surface area contributed by atoms with Crippen LogP contribution in [0, 0.1) is 0 Å². The second-order valence-electron chi connectivity index (χ2n) is 3.94. The van der Waals surface area contributed by atoms with Gasteiger partial charge in [-0.25, -0.2) is 9.59 Å². The molecule has 2 heterocycles. The first-order chi connectivity index (χ1) is 8.63. The summed E-state index contributed by atoms with van der Waals surface area (Å²) in [5.74, 6) is -1.16. The molecule has 0 radical (unpaired) electrons. The standard InChI is InChI=1S/C13H13NO4/c1-3-10-8(2)11(13(16)17-10)18-12(15)9-4-6-14-7-5-9/h4-7,10H,3H2,1-2H3. The molecule has 0 saturated carbocycles. The van der Waals surface area contributed by atoms with Crippen LogP contribution in [0.2, 0.25) is 0 Å². The van der Waals surface area contributed by atoms with E-state index in [1.165, 1.54) is 24.5 Å². The number of hydrogen-bond donors (Lipinski definition) is 0. The Labute approximate surface area is 104 Å². The van der Waals surface area contributed by atoms with Gasteiger partial charge in [-0.3, -0.25) is 4.98 Å². The van der Waals surface area contributed by atoms with Crippen LogP contribution in [-0.2, 0) is 14.3 Å². The molecule has 1 aromatic rings. The van der Waals surface area contributed by atoms with E-state index in [9.17, 15) is 9.59 Å². The molecule has 0 fully saturated rings. The Kier molecular flexibility index (Phi) is 3.41. The van der Waals surface area contributed by atoms with Gasteiger partial charge in [0.2, 0.25) is 5.76 Å².